The van der Waals surface area contributed by atoms with Crippen molar-refractivity contribution in [2.75, 3.05) is 5.32 Å². The molecule has 4 heteroatoms. The van der Waals surface area contributed by atoms with Crippen molar-refractivity contribution in [3.05, 3.63) is 34.3 Å². The molecular formula is C10H12N2OS. The molecule has 1 N–H and O–H groups in total. The topological polar surface area (TPSA) is 38.1 Å². The fraction of sp³-hybridized carbons (Fsp3) is 0.300. The minimum atomic E-state index is 0.607. The number of oxazole rings is 1. The third-order valence-electron chi connectivity index (χ3n) is 1.91. The van der Waals surface area contributed by atoms with Gasteiger partial charge in [-0.2, -0.15) is 4.98 Å². The third-order valence-corrected chi connectivity index (χ3v) is 2.78. The number of nitrogens with one attached hydrogen (secondary N) is 1. The van der Waals surface area contributed by atoms with Crippen LogP contribution in [0.1, 0.15) is 17.5 Å². The van der Waals surface area contributed by atoms with Gasteiger partial charge in [-0.1, -0.05) is 13.0 Å². The molecule has 0 bridgehead atoms. The lowest BCUT2D eigenvalue weighted by molar-refractivity contribution is 0.569. The van der Waals surface area contributed by atoms with Crippen molar-refractivity contribution in [3.63, 3.8) is 0 Å². The summed E-state index contributed by atoms with van der Waals surface area (Å²) in [5, 5.41) is 5.19. The van der Waals surface area contributed by atoms with Gasteiger partial charge in [-0.25, -0.2) is 0 Å². The average Bonchev–Trinajstić information content (AvgIpc) is 2.86. The van der Waals surface area contributed by atoms with Crippen LogP contribution in [0.4, 0.5) is 6.01 Å². The van der Waals surface area contributed by atoms with Gasteiger partial charge in [-0.05, 0) is 17.9 Å². The molecule has 14 heavy (non-hydrogen) atoms. The highest BCUT2D eigenvalue weighted by molar-refractivity contribution is 7.09. The van der Waals surface area contributed by atoms with Crippen LogP contribution < -0.4 is 5.32 Å². The molecule has 3 nitrogen and oxygen atoms in total. The Morgan fingerprint density at radius 1 is 1.57 bits per heavy atom. The molecule has 0 fully saturated rings. The Balaban J connectivity index is 1.92. The second-order valence-electron chi connectivity index (χ2n) is 2.93. The van der Waals surface area contributed by atoms with Crippen LogP contribution in [0, 0.1) is 0 Å². The van der Waals surface area contributed by atoms with Crippen molar-refractivity contribution >= 4 is 17.4 Å². The average molecular weight is 208 g/mol. The molecule has 0 aliphatic carbocycles. The van der Waals surface area contributed by atoms with Gasteiger partial charge in [0.2, 0.25) is 0 Å². The molecule has 0 saturated carbocycles. The van der Waals surface area contributed by atoms with Crippen LogP contribution >= 0.6 is 11.3 Å². The molecule has 0 saturated heterocycles. The summed E-state index contributed by atoms with van der Waals surface area (Å²) in [5.41, 5.74) is 0.985. The summed E-state index contributed by atoms with van der Waals surface area (Å²) in [6.07, 6.45) is 2.60. The maximum Gasteiger partial charge on any atom is 0.295 e. The van der Waals surface area contributed by atoms with Crippen molar-refractivity contribution < 1.29 is 4.42 Å². The van der Waals surface area contributed by atoms with Crippen molar-refractivity contribution in [3.8, 4) is 0 Å². The largest absolute Gasteiger partial charge is 0.432 e. The Hall–Kier alpha value is -1.29. The van der Waals surface area contributed by atoms with Crippen molar-refractivity contribution in [1.82, 2.24) is 4.98 Å². The van der Waals surface area contributed by atoms with Crippen LogP contribution in [-0.4, -0.2) is 4.98 Å². The number of thiophene rings is 1. The van der Waals surface area contributed by atoms with E-state index < -0.39 is 0 Å². The molecule has 2 rings (SSSR count). The smallest absolute Gasteiger partial charge is 0.295 e. The number of rotatable bonds is 4. The molecule has 2 heterocycles. The van der Waals surface area contributed by atoms with Gasteiger partial charge < -0.3 is 9.73 Å². The monoisotopic (exact) mass is 208 g/mol. The highest BCUT2D eigenvalue weighted by Crippen LogP contribution is 2.12. The highest BCUT2D eigenvalue weighted by Gasteiger charge is 2.01. The lowest BCUT2D eigenvalue weighted by Gasteiger charge is -1.97. The van der Waals surface area contributed by atoms with E-state index in [0.29, 0.717) is 6.01 Å². The first-order valence-corrected chi connectivity index (χ1v) is 5.47. The zero-order valence-electron chi connectivity index (χ0n) is 7.99. The zero-order valence-corrected chi connectivity index (χ0v) is 8.80. The summed E-state index contributed by atoms with van der Waals surface area (Å²) in [5.74, 6) is 0. The zero-order chi connectivity index (χ0) is 9.80. The molecule has 0 aromatic carbocycles. The van der Waals surface area contributed by atoms with Gasteiger partial charge in [0, 0.05) is 4.88 Å². The van der Waals surface area contributed by atoms with Gasteiger partial charge in [0.05, 0.1) is 12.2 Å². The Kier molecular flexibility index (Phi) is 2.84. The number of aromatic nitrogens is 1. The first-order valence-electron chi connectivity index (χ1n) is 4.59. The molecule has 74 valence electrons. The van der Waals surface area contributed by atoms with E-state index in [4.69, 9.17) is 4.42 Å². The molecular weight excluding hydrogens is 196 g/mol. The maximum atomic E-state index is 5.24. The number of aryl methyl sites for hydroxylation is 1. The van der Waals surface area contributed by atoms with Gasteiger partial charge in [0.25, 0.3) is 6.01 Å². The van der Waals surface area contributed by atoms with E-state index in [1.54, 1.807) is 17.6 Å². The SMILES string of the molecule is CCc1coc(NCc2cccs2)n1. The van der Waals surface area contributed by atoms with E-state index in [2.05, 4.69) is 28.7 Å². The molecule has 0 unspecified atom stereocenters. The fourth-order valence-electron chi connectivity index (χ4n) is 1.13. The second kappa shape index (κ2) is 4.28. The quantitative estimate of drug-likeness (QED) is 0.839. The van der Waals surface area contributed by atoms with E-state index in [0.717, 1.165) is 18.7 Å². The summed E-state index contributed by atoms with van der Waals surface area (Å²) in [6.45, 7) is 2.84. The summed E-state index contributed by atoms with van der Waals surface area (Å²) in [7, 11) is 0. The summed E-state index contributed by atoms with van der Waals surface area (Å²) in [4.78, 5) is 5.53. The standard InChI is InChI=1S/C10H12N2OS/c1-2-8-7-13-10(12-8)11-6-9-4-3-5-14-9/h3-5,7H,2,6H2,1H3,(H,11,12). The summed E-state index contributed by atoms with van der Waals surface area (Å²) >= 11 is 1.72. The molecule has 0 amide bonds. The normalized spacial score (nSPS) is 10.4. The van der Waals surface area contributed by atoms with Crippen molar-refractivity contribution in [2.24, 2.45) is 0 Å². The van der Waals surface area contributed by atoms with Crippen molar-refractivity contribution in [1.29, 1.82) is 0 Å². The molecule has 2 aromatic rings. The molecule has 0 spiro atoms. The predicted molar refractivity (Wildman–Crippen MR) is 57.5 cm³/mol. The van der Waals surface area contributed by atoms with Gasteiger partial charge in [-0.15, -0.1) is 11.3 Å². The maximum absolute atomic E-state index is 5.24. The predicted octanol–water partition coefficient (Wildman–Crippen LogP) is 2.91. The number of hydrogen-bond acceptors (Lipinski definition) is 4. The Bertz CT molecular complexity index is 380. The lowest BCUT2D eigenvalue weighted by atomic mass is 10.4. The van der Waals surface area contributed by atoms with Crippen LogP contribution in [0.3, 0.4) is 0 Å². The third kappa shape index (κ3) is 2.14. The van der Waals surface area contributed by atoms with Gasteiger partial charge in [0.1, 0.15) is 6.26 Å². The summed E-state index contributed by atoms with van der Waals surface area (Å²) < 4.78 is 5.24. The Morgan fingerprint density at radius 2 is 2.50 bits per heavy atom. The van der Waals surface area contributed by atoms with E-state index in [9.17, 15) is 0 Å². The molecule has 0 radical (unpaired) electrons. The first kappa shape index (κ1) is 9.27. The van der Waals surface area contributed by atoms with Crippen LogP contribution in [-0.2, 0) is 13.0 Å². The van der Waals surface area contributed by atoms with E-state index in [-0.39, 0.29) is 0 Å². The summed E-state index contributed by atoms with van der Waals surface area (Å²) in [6, 6.07) is 4.73. The Labute approximate surface area is 86.8 Å². The van der Waals surface area contributed by atoms with Crippen LogP contribution in [0.2, 0.25) is 0 Å². The second-order valence-corrected chi connectivity index (χ2v) is 3.96. The number of anilines is 1. The highest BCUT2D eigenvalue weighted by atomic mass is 32.1. The van der Waals surface area contributed by atoms with E-state index >= 15 is 0 Å². The molecule has 0 atom stereocenters. The lowest BCUT2D eigenvalue weighted by Crippen LogP contribution is -1.97. The van der Waals surface area contributed by atoms with E-state index in [1.165, 1.54) is 4.88 Å². The number of nitrogens with zero attached hydrogens (tertiary/aromatic N) is 1. The van der Waals surface area contributed by atoms with Crippen LogP contribution in [0.5, 0.6) is 0 Å². The van der Waals surface area contributed by atoms with Crippen LogP contribution in [0.25, 0.3) is 0 Å². The first-order chi connectivity index (χ1) is 6.88. The molecule has 0 aliphatic heterocycles. The molecule has 0 aliphatic rings. The van der Waals surface area contributed by atoms with Gasteiger partial charge in [0.15, 0.2) is 0 Å². The van der Waals surface area contributed by atoms with Gasteiger partial charge in [-0.3, -0.25) is 0 Å². The minimum Gasteiger partial charge on any atom is -0.432 e. The number of hydrogen-bond donors (Lipinski definition) is 1. The molecule has 2 aromatic heterocycles. The Morgan fingerprint density at radius 3 is 3.14 bits per heavy atom. The van der Waals surface area contributed by atoms with Crippen molar-refractivity contribution in [2.45, 2.75) is 19.9 Å². The van der Waals surface area contributed by atoms with Crippen LogP contribution in [0.15, 0.2) is 28.2 Å². The van der Waals surface area contributed by atoms with E-state index in [1.807, 2.05) is 6.07 Å². The fourth-order valence-corrected chi connectivity index (χ4v) is 1.77. The minimum absolute atomic E-state index is 0.607. The van der Waals surface area contributed by atoms with Gasteiger partial charge >= 0.3 is 0 Å².